The maximum absolute atomic E-state index is 14.0. The largest absolute Gasteiger partial charge is 0.497 e. The molecule has 3 fully saturated rings. The molecular formula is C35H38N4O8S. The maximum atomic E-state index is 14.0. The highest BCUT2D eigenvalue weighted by atomic mass is 32.2. The predicted octanol–water partition coefficient (Wildman–Crippen LogP) is 4.09. The Labute approximate surface area is 278 Å². The molecule has 7 rings (SSSR count). The lowest BCUT2D eigenvalue weighted by Gasteiger charge is -2.26. The van der Waals surface area contributed by atoms with E-state index in [0.29, 0.717) is 48.4 Å². The monoisotopic (exact) mass is 674 g/mol. The molecule has 1 saturated heterocycles. The Bertz CT molecular complexity index is 1880. The Kier molecular flexibility index (Phi) is 8.48. The van der Waals surface area contributed by atoms with Gasteiger partial charge in [-0.2, -0.15) is 0 Å². The molecule has 13 heteroatoms. The second-order valence-corrected chi connectivity index (χ2v) is 14.8. The Morgan fingerprint density at radius 1 is 1.10 bits per heavy atom. The molecule has 12 nitrogen and oxygen atoms in total. The van der Waals surface area contributed by atoms with Gasteiger partial charge in [0.25, 0.3) is 5.91 Å². The number of aromatic nitrogens is 1. The fraction of sp³-hybridized carbons (Fsp3) is 0.429. The lowest BCUT2D eigenvalue weighted by Crippen LogP contribution is -2.56. The molecule has 0 unspecified atom stereocenters. The SMILES string of the molecule is COc1ccc2c(O[C@@H]3C[C@H]4C(=O)N[C@@]5(C(=O)NS(=O)(=O)C6CC6)C[C@@H]5/C=C\CCCCOC(=O)N4C3)cc(-c3ccccc3)nc2c1. The average molecular weight is 675 g/mol. The van der Waals surface area contributed by atoms with Crippen LogP contribution in [-0.4, -0.2) is 79.4 Å². The number of benzene rings is 2. The smallest absolute Gasteiger partial charge is 0.410 e. The van der Waals surface area contributed by atoms with E-state index in [1.165, 1.54) is 4.90 Å². The number of carbonyl (C=O) groups excluding carboxylic acids is 3. The van der Waals surface area contributed by atoms with Gasteiger partial charge in [0, 0.05) is 35.4 Å². The van der Waals surface area contributed by atoms with Gasteiger partial charge < -0.3 is 19.5 Å². The third-order valence-electron chi connectivity index (χ3n) is 9.47. The number of hydrogen-bond acceptors (Lipinski definition) is 9. The van der Waals surface area contributed by atoms with E-state index >= 15 is 0 Å². The molecule has 2 aliphatic carbocycles. The topological polar surface area (TPSA) is 153 Å². The second-order valence-electron chi connectivity index (χ2n) is 12.9. The molecular weight excluding hydrogens is 636 g/mol. The van der Waals surface area contributed by atoms with Crippen molar-refractivity contribution >= 4 is 38.8 Å². The van der Waals surface area contributed by atoms with Gasteiger partial charge in [0.1, 0.15) is 29.2 Å². The number of nitrogens with one attached hydrogen (secondary N) is 2. The summed E-state index contributed by atoms with van der Waals surface area (Å²) in [6.07, 6.45) is 6.01. The van der Waals surface area contributed by atoms with Crippen LogP contribution in [-0.2, 0) is 24.3 Å². The molecule has 2 aliphatic heterocycles. The van der Waals surface area contributed by atoms with E-state index in [2.05, 4.69) is 10.0 Å². The first kappa shape index (κ1) is 31.9. The van der Waals surface area contributed by atoms with Crippen molar-refractivity contribution < 1.29 is 37.0 Å². The normalized spacial score (nSPS) is 26.7. The van der Waals surface area contributed by atoms with E-state index in [9.17, 15) is 22.8 Å². The van der Waals surface area contributed by atoms with Gasteiger partial charge in [-0.15, -0.1) is 0 Å². The second kappa shape index (κ2) is 12.8. The molecule has 4 atom stereocenters. The number of cyclic esters (lactones) is 1. The zero-order chi connectivity index (χ0) is 33.5. The molecule has 3 amide bonds. The number of carbonyl (C=O) groups is 3. The molecule has 48 heavy (non-hydrogen) atoms. The molecule has 2 N–H and O–H groups in total. The summed E-state index contributed by atoms with van der Waals surface area (Å²) in [5.41, 5.74) is 0.793. The summed E-state index contributed by atoms with van der Waals surface area (Å²) in [4.78, 5) is 47.1. The predicted molar refractivity (Wildman–Crippen MR) is 177 cm³/mol. The molecule has 2 aromatic carbocycles. The van der Waals surface area contributed by atoms with Gasteiger partial charge in [0.2, 0.25) is 15.9 Å². The van der Waals surface area contributed by atoms with Crippen LogP contribution in [0.5, 0.6) is 11.5 Å². The van der Waals surface area contributed by atoms with E-state index < -0.39 is 50.9 Å². The molecule has 0 spiro atoms. The number of allylic oxidation sites excluding steroid dienone is 1. The summed E-state index contributed by atoms with van der Waals surface area (Å²) < 4.78 is 45.2. The van der Waals surface area contributed by atoms with Crippen LogP contribution >= 0.6 is 0 Å². The number of amides is 3. The first-order valence-electron chi connectivity index (χ1n) is 16.4. The zero-order valence-electron chi connectivity index (χ0n) is 26.6. The van der Waals surface area contributed by atoms with Crippen molar-refractivity contribution in [3.63, 3.8) is 0 Å². The van der Waals surface area contributed by atoms with E-state index in [-0.39, 0.29) is 31.9 Å². The van der Waals surface area contributed by atoms with Crippen molar-refractivity contribution in [3.8, 4) is 22.8 Å². The van der Waals surface area contributed by atoms with Crippen LogP contribution in [0.2, 0.25) is 0 Å². The van der Waals surface area contributed by atoms with Gasteiger partial charge >= 0.3 is 6.09 Å². The Hall–Kier alpha value is -4.65. The third-order valence-corrected chi connectivity index (χ3v) is 11.3. The van der Waals surface area contributed by atoms with Crippen molar-refractivity contribution in [3.05, 3.63) is 66.7 Å². The van der Waals surface area contributed by atoms with Gasteiger partial charge in [-0.3, -0.25) is 19.2 Å². The maximum Gasteiger partial charge on any atom is 0.410 e. The van der Waals surface area contributed by atoms with Crippen molar-refractivity contribution in [2.75, 3.05) is 20.3 Å². The lowest BCUT2D eigenvalue weighted by atomic mass is 10.1. The summed E-state index contributed by atoms with van der Waals surface area (Å²) in [6, 6.07) is 16.0. The number of sulfonamides is 1. The lowest BCUT2D eigenvalue weighted by molar-refractivity contribution is -0.131. The highest BCUT2D eigenvalue weighted by molar-refractivity contribution is 7.91. The highest BCUT2D eigenvalue weighted by Gasteiger charge is 2.62. The van der Waals surface area contributed by atoms with Gasteiger partial charge in [0.15, 0.2) is 0 Å². The van der Waals surface area contributed by atoms with Crippen LogP contribution in [0.25, 0.3) is 22.2 Å². The number of rotatable bonds is 7. The summed E-state index contributed by atoms with van der Waals surface area (Å²) in [5, 5.41) is 3.00. The zero-order valence-corrected chi connectivity index (χ0v) is 27.4. The summed E-state index contributed by atoms with van der Waals surface area (Å²) >= 11 is 0. The fourth-order valence-electron chi connectivity index (χ4n) is 6.50. The van der Waals surface area contributed by atoms with Crippen LogP contribution in [0.4, 0.5) is 4.79 Å². The average Bonchev–Trinajstić information content (AvgIpc) is 4.01. The summed E-state index contributed by atoms with van der Waals surface area (Å²) in [7, 11) is -2.25. The molecule has 0 bridgehead atoms. The Balaban J connectivity index is 1.18. The van der Waals surface area contributed by atoms with Crippen molar-refractivity contribution in [1.82, 2.24) is 19.9 Å². The quantitative estimate of drug-likeness (QED) is 0.353. The van der Waals surface area contributed by atoms with Crippen LogP contribution in [0.1, 0.15) is 44.9 Å². The van der Waals surface area contributed by atoms with E-state index in [1.54, 1.807) is 7.11 Å². The van der Waals surface area contributed by atoms with E-state index in [1.807, 2.05) is 66.7 Å². The van der Waals surface area contributed by atoms with Crippen LogP contribution in [0.15, 0.2) is 66.7 Å². The Morgan fingerprint density at radius 2 is 1.92 bits per heavy atom. The van der Waals surface area contributed by atoms with Crippen molar-refractivity contribution in [2.45, 2.75) is 67.9 Å². The highest BCUT2D eigenvalue weighted by Crippen LogP contribution is 2.46. The first-order valence-corrected chi connectivity index (χ1v) is 17.9. The summed E-state index contributed by atoms with van der Waals surface area (Å²) in [6.45, 7) is 0.269. The number of hydrogen-bond donors (Lipinski definition) is 2. The number of fused-ring (bicyclic) bond motifs is 3. The molecule has 2 saturated carbocycles. The van der Waals surface area contributed by atoms with Crippen LogP contribution in [0.3, 0.4) is 0 Å². The number of methoxy groups -OCH3 is 1. The van der Waals surface area contributed by atoms with E-state index in [4.69, 9.17) is 19.2 Å². The molecule has 3 heterocycles. The minimum atomic E-state index is -3.83. The molecule has 4 aliphatic rings. The van der Waals surface area contributed by atoms with E-state index in [0.717, 1.165) is 17.4 Å². The van der Waals surface area contributed by atoms with Gasteiger partial charge in [-0.25, -0.2) is 18.2 Å². The van der Waals surface area contributed by atoms with Crippen molar-refractivity contribution in [2.24, 2.45) is 5.92 Å². The number of pyridine rings is 1. The third kappa shape index (κ3) is 6.43. The number of nitrogens with zero attached hydrogens (tertiary/aromatic N) is 2. The molecule has 252 valence electrons. The minimum absolute atomic E-state index is 0.0656. The first-order chi connectivity index (χ1) is 23.2. The van der Waals surface area contributed by atoms with Crippen LogP contribution in [0, 0.1) is 5.92 Å². The van der Waals surface area contributed by atoms with Gasteiger partial charge in [-0.1, -0.05) is 42.5 Å². The fourth-order valence-corrected chi connectivity index (χ4v) is 7.87. The minimum Gasteiger partial charge on any atom is -0.497 e. The molecule has 3 aromatic rings. The molecule has 0 radical (unpaired) electrons. The Morgan fingerprint density at radius 3 is 2.69 bits per heavy atom. The standard InChI is InChI=1S/C35H38N4O8S/c1-45-24-12-15-27-29(17-24)36-28(22-9-5-4-6-10-22)19-31(27)47-25-18-30-32(40)37-35(33(41)38-48(43,44)26-13-14-26)20-23(35)11-7-2-3-8-16-46-34(42)39(30)21-25/h4-7,9-12,15,17,19,23,25-26,30H,2-3,8,13-14,16,18,20-21H2,1H3,(H,37,40)(H,38,41)/b11-7-/t23-,25+,30-,35-/m0/s1. The van der Waals surface area contributed by atoms with Gasteiger partial charge in [0.05, 0.1) is 36.7 Å². The molecule has 1 aromatic heterocycles. The van der Waals surface area contributed by atoms with Crippen LogP contribution < -0.4 is 19.5 Å². The van der Waals surface area contributed by atoms with Crippen molar-refractivity contribution in [1.29, 1.82) is 0 Å². The number of ether oxygens (including phenoxy) is 3. The summed E-state index contributed by atoms with van der Waals surface area (Å²) in [5.74, 6) is -0.530. The van der Waals surface area contributed by atoms with Gasteiger partial charge in [-0.05, 0) is 50.7 Å².